The Morgan fingerprint density at radius 1 is 0.306 bits per heavy atom. The van der Waals surface area contributed by atoms with E-state index >= 15 is 0 Å². The monoisotopic (exact) mass is 1150 g/mol. The molecule has 85 heavy (non-hydrogen) atoms. The fourth-order valence-corrected chi connectivity index (χ4v) is 10.1. The number of fused-ring (bicyclic) bond motifs is 3. The minimum atomic E-state index is -5.28. The van der Waals surface area contributed by atoms with Gasteiger partial charge in [0.2, 0.25) is 0 Å². The summed E-state index contributed by atoms with van der Waals surface area (Å²) in [5.74, 6) is 0.462. The van der Waals surface area contributed by atoms with Crippen molar-refractivity contribution in [1.29, 1.82) is 21.0 Å². The van der Waals surface area contributed by atoms with Gasteiger partial charge in [0.15, 0.2) is 17.5 Å². The number of halogens is 12. The first-order valence-corrected chi connectivity index (χ1v) is 25.1. The zero-order valence-corrected chi connectivity index (χ0v) is 42.9. The van der Waals surface area contributed by atoms with Crippen molar-refractivity contribution in [2.24, 2.45) is 0 Å². The quantitative estimate of drug-likeness (QED) is 0.138. The maximum Gasteiger partial charge on any atom is 0.416 e. The third-order valence-corrected chi connectivity index (χ3v) is 14.0. The molecule has 2 aromatic heterocycles. The number of nitrogens with zero attached hydrogens (tertiary/aromatic N) is 8. The van der Waals surface area contributed by atoms with E-state index < -0.39 is 58.1 Å². The van der Waals surface area contributed by atoms with Crippen LogP contribution >= 0.6 is 0 Å². The number of aromatic nitrogens is 4. The zero-order valence-electron chi connectivity index (χ0n) is 42.9. The predicted octanol–water partition coefficient (Wildman–Crippen LogP) is 18.2. The number of nitriles is 4. The van der Waals surface area contributed by atoms with Crippen LogP contribution < -0.4 is 0 Å². The summed E-state index contributed by atoms with van der Waals surface area (Å²) in [7, 11) is 0. The van der Waals surface area contributed by atoms with Gasteiger partial charge < -0.3 is 4.57 Å². The van der Waals surface area contributed by atoms with Crippen LogP contribution in [-0.4, -0.2) is 19.5 Å². The molecule has 11 aromatic rings. The van der Waals surface area contributed by atoms with Gasteiger partial charge in [0.05, 0.1) is 85.5 Å². The smallest absolute Gasteiger partial charge is 0.308 e. The molecule has 0 unspecified atom stereocenters. The van der Waals surface area contributed by atoms with E-state index in [1.54, 1.807) is 77.4 Å². The number of benzene rings is 9. The lowest BCUT2D eigenvalue weighted by Gasteiger charge is -2.22. The Morgan fingerprint density at radius 3 is 0.988 bits per heavy atom. The summed E-state index contributed by atoms with van der Waals surface area (Å²) in [4.78, 5) is 14.7. The van der Waals surface area contributed by atoms with Crippen LogP contribution in [0.25, 0.3) is 106 Å². The highest BCUT2D eigenvalue weighted by Gasteiger charge is 2.39. The van der Waals surface area contributed by atoms with Gasteiger partial charge >= 0.3 is 24.7 Å². The molecular weight excluding hydrogens is 1120 g/mol. The standard InChI is InChI=1S/C65H30F12N8/c66-62(67,68)46-21-41(22-47(29-46)63(69,70)71)39-13-17-56-52(25-39)53-26-40(42-23-48(64(72,73)74)30-49(24-42)65(75,76)77)14-18-57(53)85(56)58-54(50-15-11-35(31-78)19-44(50)33-80)27-43(28-55(58)51-16-12-36(32-79)20-45(51)34-81)61-83-59(37-7-3-1-4-8-37)82-60(84-61)38-9-5-2-6-10-38/h1-30H. The number of rotatable bonds is 8. The molecular formula is C65H30F12N8. The third-order valence-electron chi connectivity index (χ3n) is 14.0. The van der Waals surface area contributed by atoms with Crippen molar-refractivity contribution in [2.45, 2.75) is 24.7 Å². The van der Waals surface area contributed by atoms with Gasteiger partial charge in [-0.3, -0.25) is 0 Å². The first-order chi connectivity index (χ1) is 40.4. The van der Waals surface area contributed by atoms with Gasteiger partial charge in [-0.25, -0.2) is 15.0 Å². The van der Waals surface area contributed by atoms with Crippen LogP contribution in [0.4, 0.5) is 52.7 Å². The average Bonchev–Trinajstić information content (AvgIpc) is 1.91. The second-order valence-electron chi connectivity index (χ2n) is 19.3. The maximum absolute atomic E-state index is 14.4. The van der Waals surface area contributed by atoms with E-state index in [-0.39, 0.29) is 118 Å². The summed E-state index contributed by atoms with van der Waals surface area (Å²) in [6, 6.07) is 47.0. The lowest BCUT2D eigenvalue weighted by molar-refractivity contribution is -0.144. The summed E-state index contributed by atoms with van der Waals surface area (Å²) < 4.78 is 174. The Morgan fingerprint density at radius 2 is 0.659 bits per heavy atom. The molecule has 0 aliphatic heterocycles. The van der Waals surface area contributed by atoms with Gasteiger partial charge in [0, 0.05) is 49.7 Å². The summed E-state index contributed by atoms with van der Waals surface area (Å²) in [5.41, 5.74) is -6.23. The van der Waals surface area contributed by atoms with Crippen LogP contribution in [-0.2, 0) is 24.7 Å². The fourth-order valence-electron chi connectivity index (χ4n) is 10.1. The number of hydrogen-bond acceptors (Lipinski definition) is 7. The molecule has 0 aliphatic rings. The van der Waals surface area contributed by atoms with Crippen molar-refractivity contribution in [3.8, 4) is 109 Å². The normalized spacial score (nSPS) is 12.0. The molecule has 0 aliphatic carbocycles. The molecule has 0 radical (unpaired) electrons. The van der Waals surface area contributed by atoms with E-state index in [2.05, 4.69) is 12.1 Å². The van der Waals surface area contributed by atoms with Crippen LogP contribution in [0.3, 0.4) is 0 Å². The van der Waals surface area contributed by atoms with Gasteiger partial charge in [-0.1, -0.05) is 84.9 Å². The molecule has 0 amide bonds. The van der Waals surface area contributed by atoms with Crippen LogP contribution in [0, 0.1) is 45.3 Å². The maximum atomic E-state index is 14.4. The van der Waals surface area contributed by atoms with Gasteiger partial charge in [-0.2, -0.15) is 73.7 Å². The molecule has 0 atom stereocenters. The van der Waals surface area contributed by atoms with E-state index in [1.807, 2.05) is 12.1 Å². The molecule has 0 N–H and O–H groups in total. The summed E-state index contributed by atoms with van der Waals surface area (Å²) in [5, 5.41) is 41.9. The van der Waals surface area contributed by atoms with E-state index in [9.17, 15) is 73.7 Å². The lowest BCUT2D eigenvalue weighted by Crippen LogP contribution is -2.11. The molecule has 0 saturated carbocycles. The largest absolute Gasteiger partial charge is 0.416 e. The molecule has 2 heterocycles. The minimum Gasteiger partial charge on any atom is -0.308 e. The Balaban J connectivity index is 1.32. The topological polar surface area (TPSA) is 139 Å². The molecule has 0 saturated heterocycles. The number of hydrogen-bond donors (Lipinski definition) is 0. The van der Waals surface area contributed by atoms with Gasteiger partial charge in [0.25, 0.3) is 0 Å². The minimum absolute atomic E-state index is 0.0116. The van der Waals surface area contributed by atoms with E-state index in [0.717, 1.165) is 0 Å². The van der Waals surface area contributed by atoms with Crippen LogP contribution in [0.15, 0.2) is 182 Å². The van der Waals surface area contributed by atoms with Crippen LogP contribution in [0.1, 0.15) is 44.5 Å². The summed E-state index contributed by atoms with van der Waals surface area (Å²) in [6.45, 7) is 0. The molecule has 11 rings (SSSR count). The first-order valence-electron chi connectivity index (χ1n) is 25.1. The van der Waals surface area contributed by atoms with Crippen molar-refractivity contribution < 1.29 is 52.7 Å². The predicted molar refractivity (Wildman–Crippen MR) is 291 cm³/mol. The molecule has 0 spiro atoms. The fraction of sp³-hybridized carbons (Fsp3) is 0.0615. The summed E-state index contributed by atoms with van der Waals surface area (Å²) in [6.07, 6.45) is -21.1. The highest BCUT2D eigenvalue weighted by molar-refractivity contribution is 6.13. The van der Waals surface area contributed by atoms with Crippen LogP contribution in [0.2, 0.25) is 0 Å². The van der Waals surface area contributed by atoms with Crippen molar-refractivity contribution in [3.05, 3.63) is 226 Å². The highest BCUT2D eigenvalue weighted by Crippen LogP contribution is 2.48. The molecule has 8 nitrogen and oxygen atoms in total. The second-order valence-corrected chi connectivity index (χ2v) is 19.3. The Bertz CT molecular complexity index is 4360. The van der Waals surface area contributed by atoms with Crippen molar-refractivity contribution in [1.82, 2.24) is 19.5 Å². The SMILES string of the molecule is N#Cc1ccc(-c2cc(-c3nc(-c4ccccc4)nc(-c4ccccc4)n3)cc(-c3ccc(C#N)cc3C#N)c2-n2c3ccc(-c4cc(C(F)(F)F)cc(C(F)(F)F)c4)cc3c3cc(-c4cc(C(F)(F)F)cc(C(F)(F)F)c4)ccc32)c(C#N)c1. The van der Waals surface area contributed by atoms with Crippen molar-refractivity contribution in [3.63, 3.8) is 0 Å². The Labute approximate surface area is 473 Å². The van der Waals surface area contributed by atoms with Crippen molar-refractivity contribution in [2.75, 3.05) is 0 Å². The van der Waals surface area contributed by atoms with Crippen molar-refractivity contribution >= 4 is 21.8 Å². The number of alkyl halides is 12. The molecule has 0 fully saturated rings. The third kappa shape index (κ3) is 10.7. The zero-order chi connectivity index (χ0) is 60.3. The van der Waals surface area contributed by atoms with Gasteiger partial charge in [0.1, 0.15) is 0 Å². The molecule has 9 aromatic carbocycles. The van der Waals surface area contributed by atoms with Gasteiger partial charge in [-0.15, -0.1) is 0 Å². The molecule has 414 valence electrons. The average molecular weight is 1150 g/mol. The highest BCUT2D eigenvalue weighted by atomic mass is 19.4. The first kappa shape index (κ1) is 55.8. The van der Waals surface area contributed by atoms with E-state index in [0.29, 0.717) is 35.4 Å². The van der Waals surface area contributed by atoms with Gasteiger partial charge in [-0.05, 0) is 119 Å². The summed E-state index contributed by atoms with van der Waals surface area (Å²) >= 11 is 0. The molecule has 20 heteroatoms. The van der Waals surface area contributed by atoms with Crippen LogP contribution in [0.5, 0.6) is 0 Å². The second kappa shape index (κ2) is 21.0. The molecule has 0 bridgehead atoms. The lowest BCUT2D eigenvalue weighted by atomic mass is 9.88. The van der Waals surface area contributed by atoms with E-state index in [1.165, 1.54) is 72.8 Å². The Hall–Kier alpha value is -11.1. The Kier molecular flexibility index (Phi) is 13.8. The van der Waals surface area contributed by atoms with E-state index in [4.69, 9.17) is 15.0 Å².